The van der Waals surface area contributed by atoms with Crippen LogP contribution >= 0.6 is 0 Å². The number of nitrogens with zero attached hydrogens (tertiary/aromatic N) is 2. The van der Waals surface area contributed by atoms with E-state index in [9.17, 15) is 9.59 Å². The number of carbonyl (C=O) groups excluding carboxylic acids is 2. The summed E-state index contributed by atoms with van der Waals surface area (Å²) in [5, 5.41) is 2.81. The fourth-order valence-electron chi connectivity index (χ4n) is 3.36. The second-order valence-electron chi connectivity index (χ2n) is 5.82. The summed E-state index contributed by atoms with van der Waals surface area (Å²) in [6.45, 7) is 8.14. The van der Waals surface area contributed by atoms with E-state index < -0.39 is 0 Å². The SMILES string of the molecule is CC1CCC(C)N1C(C)C(=O)N1CCNC(=O)CC1. The summed E-state index contributed by atoms with van der Waals surface area (Å²) in [4.78, 5) is 28.1. The minimum absolute atomic E-state index is 0.0471. The molecule has 0 aromatic heterocycles. The molecule has 3 atom stereocenters. The summed E-state index contributed by atoms with van der Waals surface area (Å²) < 4.78 is 0. The maximum atomic E-state index is 12.6. The summed E-state index contributed by atoms with van der Waals surface area (Å²) in [7, 11) is 0. The third-order valence-corrected chi connectivity index (χ3v) is 4.45. The molecule has 0 aromatic rings. The lowest BCUT2D eigenvalue weighted by molar-refractivity contribution is -0.137. The van der Waals surface area contributed by atoms with E-state index >= 15 is 0 Å². The maximum absolute atomic E-state index is 12.6. The Labute approximate surface area is 115 Å². The molecule has 2 amide bonds. The monoisotopic (exact) mass is 267 g/mol. The topological polar surface area (TPSA) is 52.7 Å². The zero-order valence-electron chi connectivity index (χ0n) is 12.2. The summed E-state index contributed by atoms with van der Waals surface area (Å²) in [6.07, 6.45) is 2.75. The number of amides is 2. The van der Waals surface area contributed by atoms with Crippen molar-refractivity contribution in [3.63, 3.8) is 0 Å². The van der Waals surface area contributed by atoms with E-state index in [0.29, 0.717) is 38.1 Å². The number of hydrogen-bond acceptors (Lipinski definition) is 3. The first kappa shape index (κ1) is 14.3. The molecule has 2 saturated heterocycles. The predicted molar refractivity (Wildman–Crippen MR) is 73.7 cm³/mol. The summed E-state index contributed by atoms with van der Waals surface area (Å²) in [5.41, 5.74) is 0. The molecular weight excluding hydrogens is 242 g/mol. The van der Waals surface area contributed by atoms with E-state index in [2.05, 4.69) is 24.1 Å². The normalized spacial score (nSPS) is 30.9. The predicted octanol–water partition coefficient (Wildman–Crippen LogP) is 0.596. The van der Waals surface area contributed by atoms with Gasteiger partial charge >= 0.3 is 0 Å². The third kappa shape index (κ3) is 3.08. The minimum atomic E-state index is -0.0827. The van der Waals surface area contributed by atoms with Crippen molar-refractivity contribution in [2.45, 2.75) is 58.2 Å². The van der Waals surface area contributed by atoms with Crippen molar-refractivity contribution in [2.75, 3.05) is 19.6 Å². The largest absolute Gasteiger partial charge is 0.354 e. The second-order valence-corrected chi connectivity index (χ2v) is 5.82. The van der Waals surface area contributed by atoms with E-state index in [1.54, 1.807) is 0 Å². The Morgan fingerprint density at radius 3 is 2.53 bits per heavy atom. The number of nitrogens with one attached hydrogen (secondary N) is 1. The van der Waals surface area contributed by atoms with Crippen LogP contribution in [0, 0.1) is 0 Å². The summed E-state index contributed by atoms with van der Waals surface area (Å²) in [6, 6.07) is 0.863. The number of hydrogen-bond donors (Lipinski definition) is 1. The van der Waals surface area contributed by atoms with Gasteiger partial charge in [0.25, 0.3) is 0 Å². The molecule has 5 nitrogen and oxygen atoms in total. The lowest BCUT2D eigenvalue weighted by Gasteiger charge is -2.34. The first-order valence-electron chi connectivity index (χ1n) is 7.33. The lowest BCUT2D eigenvalue weighted by atomic mass is 10.2. The van der Waals surface area contributed by atoms with Crippen molar-refractivity contribution in [3.8, 4) is 0 Å². The average molecular weight is 267 g/mol. The van der Waals surface area contributed by atoms with Gasteiger partial charge in [-0.25, -0.2) is 0 Å². The van der Waals surface area contributed by atoms with Gasteiger partial charge in [0, 0.05) is 38.1 Å². The molecule has 3 unspecified atom stereocenters. The molecule has 0 bridgehead atoms. The maximum Gasteiger partial charge on any atom is 0.239 e. The van der Waals surface area contributed by atoms with Crippen LogP contribution in [0.4, 0.5) is 0 Å². The zero-order valence-corrected chi connectivity index (χ0v) is 12.2. The molecule has 0 spiro atoms. The van der Waals surface area contributed by atoms with Crippen molar-refractivity contribution in [2.24, 2.45) is 0 Å². The van der Waals surface area contributed by atoms with Crippen LogP contribution in [0.25, 0.3) is 0 Å². The molecule has 19 heavy (non-hydrogen) atoms. The van der Waals surface area contributed by atoms with Crippen LogP contribution in [0.2, 0.25) is 0 Å². The van der Waals surface area contributed by atoms with Crippen LogP contribution in [0.15, 0.2) is 0 Å². The van der Waals surface area contributed by atoms with Crippen LogP contribution in [0.3, 0.4) is 0 Å². The molecule has 0 saturated carbocycles. The minimum Gasteiger partial charge on any atom is -0.354 e. The first-order chi connectivity index (χ1) is 9.00. The molecule has 108 valence electrons. The van der Waals surface area contributed by atoms with Gasteiger partial charge in [-0.2, -0.15) is 0 Å². The summed E-state index contributed by atoms with van der Waals surface area (Å²) >= 11 is 0. The molecule has 5 heteroatoms. The number of rotatable bonds is 2. The Kier molecular flexibility index (Phi) is 4.45. The average Bonchev–Trinajstić information content (AvgIpc) is 2.59. The highest BCUT2D eigenvalue weighted by atomic mass is 16.2. The molecular formula is C14H25N3O2. The Balaban J connectivity index is 2.00. The van der Waals surface area contributed by atoms with Gasteiger partial charge < -0.3 is 10.2 Å². The third-order valence-electron chi connectivity index (χ3n) is 4.45. The second kappa shape index (κ2) is 5.90. The zero-order chi connectivity index (χ0) is 14.0. The van der Waals surface area contributed by atoms with Gasteiger partial charge in [0.2, 0.25) is 11.8 Å². The Morgan fingerprint density at radius 1 is 1.26 bits per heavy atom. The van der Waals surface area contributed by atoms with Gasteiger partial charge in [0.1, 0.15) is 0 Å². The van der Waals surface area contributed by atoms with E-state index in [1.165, 1.54) is 12.8 Å². The molecule has 0 aromatic carbocycles. The number of carbonyl (C=O) groups is 2. The van der Waals surface area contributed by atoms with Gasteiger partial charge in [-0.1, -0.05) is 0 Å². The molecule has 2 aliphatic heterocycles. The Morgan fingerprint density at radius 2 is 1.89 bits per heavy atom. The van der Waals surface area contributed by atoms with Crippen molar-refractivity contribution < 1.29 is 9.59 Å². The molecule has 0 radical (unpaired) electrons. The highest BCUT2D eigenvalue weighted by Crippen LogP contribution is 2.26. The smallest absolute Gasteiger partial charge is 0.239 e. The summed E-state index contributed by atoms with van der Waals surface area (Å²) in [5.74, 6) is 0.211. The van der Waals surface area contributed by atoms with Crippen LogP contribution in [0.1, 0.15) is 40.0 Å². The van der Waals surface area contributed by atoms with Crippen molar-refractivity contribution >= 4 is 11.8 Å². The van der Waals surface area contributed by atoms with Crippen molar-refractivity contribution in [3.05, 3.63) is 0 Å². The molecule has 2 heterocycles. The standard InChI is InChI=1S/C14H25N3O2/c1-10-4-5-11(2)17(10)12(3)14(19)16-8-6-13(18)15-7-9-16/h10-12H,4-9H2,1-3H3,(H,15,18). The van der Waals surface area contributed by atoms with Gasteiger partial charge in [-0.15, -0.1) is 0 Å². The van der Waals surface area contributed by atoms with Gasteiger partial charge in [-0.3, -0.25) is 14.5 Å². The van der Waals surface area contributed by atoms with E-state index in [1.807, 2.05) is 11.8 Å². The first-order valence-corrected chi connectivity index (χ1v) is 7.33. The fraction of sp³-hybridized carbons (Fsp3) is 0.857. The van der Waals surface area contributed by atoms with Gasteiger partial charge in [0.05, 0.1) is 6.04 Å². The van der Waals surface area contributed by atoms with Crippen LogP contribution < -0.4 is 5.32 Å². The number of likely N-dealkylation sites (tertiary alicyclic amines) is 1. The van der Waals surface area contributed by atoms with E-state index in [0.717, 1.165) is 0 Å². The van der Waals surface area contributed by atoms with Crippen LogP contribution in [-0.4, -0.2) is 59.4 Å². The molecule has 2 aliphatic rings. The molecule has 2 rings (SSSR count). The van der Waals surface area contributed by atoms with Gasteiger partial charge in [0.15, 0.2) is 0 Å². The van der Waals surface area contributed by atoms with Crippen LogP contribution in [-0.2, 0) is 9.59 Å². The quantitative estimate of drug-likeness (QED) is 0.797. The highest BCUT2D eigenvalue weighted by Gasteiger charge is 2.36. The van der Waals surface area contributed by atoms with E-state index in [-0.39, 0.29) is 17.9 Å². The van der Waals surface area contributed by atoms with Gasteiger partial charge in [-0.05, 0) is 33.6 Å². The van der Waals surface area contributed by atoms with Crippen LogP contribution in [0.5, 0.6) is 0 Å². The van der Waals surface area contributed by atoms with Crippen molar-refractivity contribution in [1.82, 2.24) is 15.1 Å². The lowest BCUT2D eigenvalue weighted by Crippen LogP contribution is -2.51. The Hall–Kier alpha value is -1.10. The molecule has 1 N–H and O–H groups in total. The molecule has 2 fully saturated rings. The van der Waals surface area contributed by atoms with E-state index in [4.69, 9.17) is 0 Å². The fourth-order valence-corrected chi connectivity index (χ4v) is 3.36. The Bertz CT molecular complexity index is 349. The molecule has 0 aliphatic carbocycles. The highest BCUT2D eigenvalue weighted by molar-refractivity contribution is 5.83. The van der Waals surface area contributed by atoms with Crippen molar-refractivity contribution in [1.29, 1.82) is 0 Å².